The molecule has 0 bridgehead atoms. The molecule has 0 N–H and O–H groups in total. The number of aryl methyl sites for hydroxylation is 12. The third-order valence-corrected chi connectivity index (χ3v) is 15.3. The van der Waals surface area contributed by atoms with Crippen LogP contribution in [0.2, 0.25) is 0 Å². The van der Waals surface area contributed by atoms with Crippen LogP contribution in [-0.2, 0) is 40.9 Å². The summed E-state index contributed by atoms with van der Waals surface area (Å²) in [4.78, 5) is 26.4. The summed E-state index contributed by atoms with van der Waals surface area (Å²) >= 11 is 0. The van der Waals surface area contributed by atoms with Crippen LogP contribution in [0, 0.1) is 54.4 Å². The van der Waals surface area contributed by atoms with Crippen LogP contribution in [0.4, 0.5) is 0 Å². The number of hydrogen-bond acceptors (Lipinski definition) is 6. The number of nitrogens with zero attached hydrogens (tertiary/aromatic N) is 10. The Kier molecular flexibility index (Phi) is 17.7. The molecule has 0 aliphatic heterocycles. The first-order valence-electron chi connectivity index (χ1n) is 33.7. The fourth-order valence-corrected chi connectivity index (χ4v) is 10.5. The molecule has 0 saturated heterocycles. The lowest BCUT2D eigenvalue weighted by molar-refractivity contribution is -0.660. The molecule has 89 heavy (non-hydrogen) atoms. The predicted molar refractivity (Wildman–Crippen MR) is 362 cm³/mol. The minimum atomic E-state index is -2.78. The average Bonchev–Trinajstić information content (AvgIpc) is 0.762. The van der Waals surface area contributed by atoms with Gasteiger partial charge in [0.1, 0.15) is 39.8 Å². The quantitative estimate of drug-likeness (QED) is 0.120. The first-order chi connectivity index (χ1) is 45.9. The van der Waals surface area contributed by atoms with Gasteiger partial charge in [0.2, 0.25) is 22.8 Å². The average molecular weight is 1180 g/mol. The highest BCUT2D eigenvalue weighted by Crippen LogP contribution is 2.29. The van der Waals surface area contributed by atoms with Crippen LogP contribution in [0.25, 0.3) is 90.1 Å². The van der Waals surface area contributed by atoms with Crippen LogP contribution in [-0.4, -0.2) is 29.9 Å². The van der Waals surface area contributed by atoms with Crippen molar-refractivity contribution < 1.29 is 29.2 Å². The van der Waals surface area contributed by atoms with Gasteiger partial charge in [-0.2, -0.15) is 0 Å². The van der Waals surface area contributed by atoms with E-state index in [1.54, 1.807) is 12.1 Å². The first kappa shape index (κ1) is 53.2. The van der Waals surface area contributed by atoms with Crippen LogP contribution in [0.1, 0.15) is 82.6 Å². The van der Waals surface area contributed by atoms with Crippen molar-refractivity contribution in [1.82, 2.24) is 29.9 Å². The van der Waals surface area contributed by atoms with Gasteiger partial charge in [-0.25, -0.2) is 33.2 Å². The maximum Gasteiger partial charge on any atom is 0.213 e. The van der Waals surface area contributed by atoms with Crippen LogP contribution in [0.3, 0.4) is 0 Å². The Morgan fingerprint density at radius 3 is 1.31 bits per heavy atom. The molecule has 1 atom stereocenters. The Bertz CT molecular complexity index is 4760. The molecule has 0 amide bonds. The summed E-state index contributed by atoms with van der Waals surface area (Å²) in [6.07, 6.45) is 5.79. The maximum absolute atomic E-state index is 8.23. The Morgan fingerprint density at radius 1 is 0.416 bits per heavy atom. The van der Waals surface area contributed by atoms with Gasteiger partial charge in [-0.3, -0.25) is 15.0 Å². The second-order valence-electron chi connectivity index (χ2n) is 22.2. The summed E-state index contributed by atoms with van der Waals surface area (Å²) in [5.74, 6) is -0.117. The topological polar surface area (TPSA) is 92.9 Å². The number of rotatable bonds is 11. The molecular formula is C79H84N10+4. The fraction of sp³-hybridized carbons (Fsp3) is 0.215. The van der Waals surface area contributed by atoms with Gasteiger partial charge < -0.3 is 0 Å². The normalized spacial score (nSPS) is 13.2. The van der Waals surface area contributed by atoms with Gasteiger partial charge >= 0.3 is 0 Å². The lowest BCUT2D eigenvalue weighted by Crippen LogP contribution is -2.31. The molecule has 4 aromatic carbocycles. The predicted octanol–water partition coefficient (Wildman–Crippen LogP) is 15.7. The molecule has 10 nitrogen and oxygen atoms in total. The van der Waals surface area contributed by atoms with Crippen molar-refractivity contribution in [2.24, 2.45) is 34.1 Å². The molecule has 12 aromatic rings. The van der Waals surface area contributed by atoms with Crippen molar-refractivity contribution in [1.29, 1.82) is 0 Å². The molecule has 1 unspecified atom stereocenters. The Balaban J connectivity index is 0.000000153. The molecule has 8 heterocycles. The molecule has 0 aliphatic carbocycles. The smallest absolute Gasteiger partial charge is 0.213 e. The van der Waals surface area contributed by atoms with Crippen molar-refractivity contribution in [2.75, 3.05) is 0 Å². The van der Waals surface area contributed by atoms with Crippen LogP contribution in [0.15, 0.2) is 225 Å². The standard InChI is InChI=1S/C22H25N2.C20H21N2.C19H19N2.C18H19N4/c1-16(2)13-20-11-9-18(14-23-20)19-10-12-22(24(4)15-19)21-8-6-5-7-17(21)3;1-4-17-9-7-11-19(21-17)16-12-13-22(3)20(14-16)18-10-6-5-8-15(18)2;1-14-7-4-5-9-17(14)19-13-16(11-12-21(19)3)18-10-6-8-15(2)20-18;1-12-7-5-6-8-16(12)17-10-9-15(11-22(17)4)18-20-13(2)19-14(3)21-18/h5-12,14-16H,13H2,1-4H3;5-14H,4H2,1-3H3;4-13H,1-3H3;5-11H,1-4H3/q4*+1/i1D3,13D2,16D;4D2;;. The van der Waals surface area contributed by atoms with Crippen LogP contribution in [0.5, 0.6) is 0 Å². The van der Waals surface area contributed by atoms with E-state index in [1.165, 1.54) is 69.5 Å². The zero-order valence-electron chi connectivity index (χ0n) is 61.3. The highest BCUT2D eigenvalue weighted by atomic mass is 15.0. The van der Waals surface area contributed by atoms with E-state index in [4.69, 9.17) is 11.0 Å². The van der Waals surface area contributed by atoms with Crippen molar-refractivity contribution in [3.05, 3.63) is 276 Å². The molecule has 10 heteroatoms. The molecule has 0 saturated carbocycles. The van der Waals surface area contributed by atoms with Gasteiger partial charge in [0, 0.05) is 115 Å². The van der Waals surface area contributed by atoms with E-state index in [1.807, 2.05) is 120 Å². The second-order valence-corrected chi connectivity index (χ2v) is 22.2. The third kappa shape index (κ3) is 16.3. The van der Waals surface area contributed by atoms with Crippen LogP contribution < -0.4 is 18.3 Å². The van der Waals surface area contributed by atoms with E-state index < -0.39 is 25.5 Å². The molecule has 0 fully saturated rings. The number of pyridine rings is 7. The fourth-order valence-electron chi connectivity index (χ4n) is 10.5. The maximum atomic E-state index is 8.23. The van der Waals surface area contributed by atoms with Crippen molar-refractivity contribution in [3.8, 4) is 90.1 Å². The highest BCUT2D eigenvalue weighted by molar-refractivity contribution is 5.71. The Labute approximate surface area is 539 Å². The first-order valence-corrected chi connectivity index (χ1v) is 29.7. The Hall–Kier alpha value is -10.1. The van der Waals surface area contributed by atoms with Crippen molar-refractivity contribution in [3.63, 3.8) is 0 Å². The summed E-state index contributed by atoms with van der Waals surface area (Å²) in [6.45, 7) is 14.1. The van der Waals surface area contributed by atoms with Gasteiger partial charge in [0.15, 0.2) is 30.6 Å². The molecular weight excluding hydrogens is 1090 g/mol. The van der Waals surface area contributed by atoms with Gasteiger partial charge in [-0.1, -0.05) is 112 Å². The van der Waals surface area contributed by atoms with E-state index in [0.29, 0.717) is 5.69 Å². The van der Waals surface area contributed by atoms with Gasteiger partial charge in [-0.15, -0.1) is 0 Å². The molecule has 446 valence electrons. The van der Waals surface area contributed by atoms with E-state index in [2.05, 4.69) is 206 Å². The lowest BCUT2D eigenvalue weighted by Gasteiger charge is -2.07. The molecule has 0 radical (unpaired) electrons. The monoisotopic (exact) mass is 1180 g/mol. The van der Waals surface area contributed by atoms with Crippen LogP contribution >= 0.6 is 0 Å². The van der Waals surface area contributed by atoms with E-state index in [9.17, 15) is 0 Å². The Morgan fingerprint density at radius 2 is 0.865 bits per heavy atom. The summed E-state index contributed by atoms with van der Waals surface area (Å²) in [5.41, 5.74) is 22.4. The van der Waals surface area contributed by atoms with Crippen molar-refractivity contribution in [2.45, 2.75) is 81.9 Å². The van der Waals surface area contributed by atoms with Gasteiger partial charge in [0.25, 0.3) is 0 Å². The van der Waals surface area contributed by atoms with Gasteiger partial charge in [-0.05, 0) is 156 Å². The summed E-state index contributed by atoms with van der Waals surface area (Å²) in [5, 5.41) is 0. The molecule has 8 aromatic heterocycles. The summed E-state index contributed by atoms with van der Waals surface area (Å²) in [7, 11) is 8.12. The largest absolute Gasteiger partial charge is 0.261 e. The number of aromatic nitrogens is 10. The van der Waals surface area contributed by atoms with E-state index in [-0.39, 0.29) is 5.69 Å². The third-order valence-electron chi connectivity index (χ3n) is 15.3. The number of hydrogen-bond donors (Lipinski definition) is 0. The lowest BCUT2D eigenvalue weighted by atomic mass is 10.0. The van der Waals surface area contributed by atoms with Gasteiger partial charge in [0.05, 0.1) is 17.0 Å². The van der Waals surface area contributed by atoms with Crippen molar-refractivity contribution >= 4 is 0 Å². The minimum Gasteiger partial charge on any atom is -0.261 e. The molecule has 12 rings (SSSR count). The number of benzene rings is 4. The van der Waals surface area contributed by atoms with E-state index in [0.717, 1.165) is 86.2 Å². The molecule has 0 spiro atoms. The minimum absolute atomic E-state index is 0.0687. The van der Waals surface area contributed by atoms with E-state index >= 15 is 0 Å². The highest BCUT2D eigenvalue weighted by Gasteiger charge is 2.19. The second kappa shape index (κ2) is 29.6. The SMILES string of the molecule is Cc1cccc(-c2cc[n+](C)c(-c3ccccc3C)c2)n1.Cc1nc(C)nc(-c2ccc(-c3ccccc3C)[n+](C)c2)n1.[2H]C([2H])(C)c1cccc(-c2cc[n+](C)c(-c3ccccc3C)c2)n1.[2H]C([2H])([2H])C([2H])(C)C([2H])([2H])c1ccc(-c2ccc(-c3ccccc3C)[n+](C)c2)cn1. The zero-order valence-corrected chi connectivity index (χ0v) is 53.3. The zero-order chi connectivity index (χ0) is 70.1. The summed E-state index contributed by atoms with van der Waals surface area (Å²) < 4.78 is 71.3. The summed E-state index contributed by atoms with van der Waals surface area (Å²) in [6, 6.07) is 64.8. The molecule has 0 aliphatic rings.